The van der Waals surface area contributed by atoms with Crippen LogP contribution in [0.25, 0.3) is 0 Å². The highest BCUT2D eigenvalue weighted by atomic mass is 32.2. The first-order chi connectivity index (χ1) is 9.31. The van der Waals surface area contributed by atoms with Crippen molar-refractivity contribution in [1.29, 1.82) is 0 Å². The number of hydrogen-bond acceptors (Lipinski definition) is 4. The van der Waals surface area contributed by atoms with Crippen molar-refractivity contribution < 1.29 is 22.7 Å². The number of aromatic amines is 1. The molecule has 0 saturated carbocycles. The molecule has 3 N–H and O–H groups in total. The summed E-state index contributed by atoms with van der Waals surface area (Å²) in [5.41, 5.74) is -0.447. The van der Waals surface area contributed by atoms with Crippen molar-refractivity contribution in [3.63, 3.8) is 0 Å². The Hall–Kier alpha value is -2.42. The van der Waals surface area contributed by atoms with Gasteiger partial charge in [-0.15, -0.1) is 0 Å². The van der Waals surface area contributed by atoms with Gasteiger partial charge >= 0.3 is 5.97 Å². The first kappa shape index (κ1) is 14.0. The highest BCUT2D eigenvalue weighted by Gasteiger charge is 2.22. The maximum Gasteiger partial charge on any atom is 0.335 e. The van der Waals surface area contributed by atoms with Crippen LogP contribution in [0.5, 0.6) is 0 Å². The Morgan fingerprint density at radius 3 is 2.70 bits per heavy atom. The molecular weight excluding hydrogens is 289 g/mol. The number of hydrogen-bond donors (Lipinski definition) is 3. The standard InChI is InChI=1S/C11H10FN3O4S/c1-6-9(12)2-7(11(16)17)3-10(6)20(18,19)15-8-4-13-14-5-8/h2-5,15H,1H3,(H,13,14)(H,16,17). The molecule has 1 aromatic heterocycles. The number of carboxylic acid groups (broad SMARTS) is 1. The minimum absolute atomic E-state index is 0.158. The van der Waals surface area contributed by atoms with Crippen molar-refractivity contribution in [1.82, 2.24) is 10.2 Å². The van der Waals surface area contributed by atoms with E-state index >= 15 is 0 Å². The fraction of sp³-hybridized carbons (Fsp3) is 0.0909. The predicted octanol–water partition coefficient (Wildman–Crippen LogP) is 1.36. The van der Waals surface area contributed by atoms with E-state index in [2.05, 4.69) is 14.9 Å². The molecule has 0 amide bonds. The van der Waals surface area contributed by atoms with E-state index in [0.29, 0.717) is 0 Å². The van der Waals surface area contributed by atoms with Gasteiger partial charge in [0.25, 0.3) is 10.0 Å². The van der Waals surface area contributed by atoms with Crippen LogP contribution < -0.4 is 4.72 Å². The molecule has 106 valence electrons. The molecule has 0 spiro atoms. The van der Waals surface area contributed by atoms with E-state index < -0.39 is 32.3 Å². The highest BCUT2D eigenvalue weighted by Crippen LogP contribution is 2.23. The predicted molar refractivity (Wildman–Crippen MR) is 67.5 cm³/mol. The maximum atomic E-state index is 13.6. The minimum Gasteiger partial charge on any atom is -0.478 e. The number of nitrogens with zero attached hydrogens (tertiary/aromatic N) is 1. The summed E-state index contributed by atoms with van der Waals surface area (Å²) in [6.45, 7) is 1.25. The summed E-state index contributed by atoms with van der Waals surface area (Å²) in [6.07, 6.45) is 2.52. The largest absolute Gasteiger partial charge is 0.478 e. The van der Waals surface area contributed by atoms with Gasteiger partial charge < -0.3 is 5.11 Å². The Balaban J connectivity index is 2.53. The third-order valence-corrected chi connectivity index (χ3v) is 4.09. The topological polar surface area (TPSA) is 112 Å². The van der Waals surface area contributed by atoms with Crippen LogP contribution in [0.15, 0.2) is 29.4 Å². The number of nitrogens with one attached hydrogen (secondary N) is 2. The second-order valence-electron chi connectivity index (χ2n) is 3.98. The zero-order valence-electron chi connectivity index (χ0n) is 10.2. The van der Waals surface area contributed by atoms with Crippen LogP contribution in [0.3, 0.4) is 0 Å². The normalized spacial score (nSPS) is 11.3. The van der Waals surface area contributed by atoms with Gasteiger partial charge in [0, 0.05) is 11.8 Å². The van der Waals surface area contributed by atoms with E-state index in [1.54, 1.807) is 0 Å². The summed E-state index contributed by atoms with van der Waals surface area (Å²) < 4.78 is 40.1. The van der Waals surface area contributed by atoms with Crippen molar-refractivity contribution in [2.75, 3.05) is 4.72 Å². The van der Waals surface area contributed by atoms with Gasteiger partial charge in [0.15, 0.2) is 0 Å². The molecule has 0 radical (unpaired) electrons. The SMILES string of the molecule is Cc1c(F)cc(C(=O)O)cc1S(=O)(=O)Nc1cn[nH]c1. The molecule has 7 nitrogen and oxygen atoms in total. The summed E-state index contributed by atoms with van der Waals surface area (Å²) in [4.78, 5) is 10.4. The number of aromatic nitrogens is 2. The number of sulfonamides is 1. The molecule has 20 heavy (non-hydrogen) atoms. The van der Waals surface area contributed by atoms with Gasteiger partial charge in [0.1, 0.15) is 5.82 Å². The molecule has 1 heterocycles. The van der Waals surface area contributed by atoms with Gasteiger partial charge in [0.05, 0.1) is 22.3 Å². The van der Waals surface area contributed by atoms with Crippen LogP contribution in [-0.4, -0.2) is 29.7 Å². The molecule has 0 fully saturated rings. The highest BCUT2D eigenvalue weighted by molar-refractivity contribution is 7.92. The van der Waals surface area contributed by atoms with Gasteiger partial charge in [-0.3, -0.25) is 9.82 Å². The van der Waals surface area contributed by atoms with E-state index in [1.807, 2.05) is 0 Å². The number of anilines is 1. The Morgan fingerprint density at radius 2 is 2.15 bits per heavy atom. The quantitative estimate of drug-likeness (QED) is 0.789. The monoisotopic (exact) mass is 299 g/mol. The Labute approximate surface area is 113 Å². The maximum absolute atomic E-state index is 13.6. The number of carboxylic acids is 1. The van der Waals surface area contributed by atoms with Crippen molar-refractivity contribution in [2.45, 2.75) is 11.8 Å². The summed E-state index contributed by atoms with van der Waals surface area (Å²) in [5, 5.41) is 14.8. The van der Waals surface area contributed by atoms with Gasteiger partial charge in [-0.05, 0) is 19.1 Å². The van der Waals surface area contributed by atoms with Crippen molar-refractivity contribution in [3.05, 3.63) is 41.5 Å². The van der Waals surface area contributed by atoms with Crippen LogP contribution in [-0.2, 0) is 10.0 Å². The van der Waals surface area contributed by atoms with Crippen LogP contribution in [0, 0.1) is 12.7 Å². The lowest BCUT2D eigenvalue weighted by atomic mass is 10.1. The molecule has 0 atom stereocenters. The number of aromatic carboxylic acids is 1. The average molecular weight is 299 g/mol. The minimum atomic E-state index is -4.11. The molecule has 0 saturated heterocycles. The van der Waals surface area contributed by atoms with Gasteiger partial charge in [-0.2, -0.15) is 5.10 Å². The number of benzene rings is 1. The molecule has 1 aromatic carbocycles. The Bertz CT molecular complexity index is 756. The fourth-order valence-electron chi connectivity index (χ4n) is 1.57. The first-order valence-corrected chi connectivity index (χ1v) is 6.84. The summed E-state index contributed by atoms with van der Waals surface area (Å²) >= 11 is 0. The Morgan fingerprint density at radius 1 is 1.45 bits per heavy atom. The van der Waals surface area contributed by atoms with Crippen LogP contribution in [0.2, 0.25) is 0 Å². The number of carbonyl (C=O) groups is 1. The average Bonchev–Trinajstić information content (AvgIpc) is 2.83. The van der Waals surface area contributed by atoms with E-state index in [0.717, 1.165) is 12.1 Å². The molecule has 0 aliphatic carbocycles. The molecule has 0 unspecified atom stereocenters. The first-order valence-electron chi connectivity index (χ1n) is 5.36. The lowest BCUT2D eigenvalue weighted by Crippen LogP contribution is -2.15. The van der Waals surface area contributed by atoms with E-state index in [1.165, 1.54) is 19.3 Å². The van der Waals surface area contributed by atoms with Gasteiger partial charge in [-0.1, -0.05) is 0 Å². The summed E-state index contributed by atoms with van der Waals surface area (Å²) in [6, 6.07) is 1.68. The molecule has 2 aromatic rings. The number of rotatable bonds is 4. The molecule has 2 rings (SSSR count). The van der Waals surface area contributed by atoms with Crippen LogP contribution >= 0.6 is 0 Å². The molecule has 0 bridgehead atoms. The molecule has 9 heteroatoms. The van der Waals surface area contributed by atoms with E-state index in [-0.39, 0.29) is 11.3 Å². The zero-order chi connectivity index (χ0) is 14.9. The molecule has 0 aliphatic heterocycles. The van der Waals surface area contributed by atoms with E-state index in [9.17, 15) is 17.6 Å². The van der Waals surface area contributed by atoms with Gasteiger partial charge in [-0.25, -0.2) is 17.6 Å². The second kappa shape index (κ2) is 4.93. The van der Waals surface area contributed by atoms with Crippen molar-refractivity contribution >= 4 is 21.7 Å². The summed E-state index contributed by atoms with van der Waals surface area (Å²) in [5.74, 6) is -2.32. The lowest BCUT2D eigenvalue weighted by Gasteiger charge is -2.10. The third-order valence-electron chi connectivity index (χ3n) is 2.58. The van der Waals surface area contributed by atoms with Crippen molar-refractivity contribution in [2.24, 2.45) is 0 Å². The van der Waals surface area contributed by atoms with Crippen LogP contribution in [0.1, 0.15) is 15.9 Å². The van der Waals surface area contributed by atoms with Crippen molar-refractivity contribution in [3.8, 4) is 0 Å². The lowest BCUT2D eigenvalue weighted by molar-refractivity contribution is 0.0696. The Kier molecular flexibility index (Phi) is 3.45. The summed E-state index contributed by atoms with van der Waals surface area (Å²) in [7, 11) is -4.11. The van der Waals surface area contributed by atoms with E-state index in [4.69, 9.17) is 5.11 Å². The second-order valence-corrected chi connectivity index (χ2v) is 5.63. The third kappa shape index (κ3) is 2.62. The molecular formula is C11H10FN3O4S. The molecule has 0 aliphatic rings. The van der Waals surface area contributed by atoms with Gasteiger partial charge in [0.2, 0.25) is 0 Å². The number of halogens is 1. The van der Waals surface area contributed by atoms with Crippen LogP contribution in [0.4, 0.5) is 10.1 Å². The fourth-order valence-corrected chi connectivity index (χ4v) is 2.89. The number of H-pyrrole nitrogens is 1. The smallest absolute Gasteiger partial charge is 0.335 e. The zero-order valence-corrected chi connectivity index (χ0v) is 11.0.